The Morgan fingerprint density at radius 1 is 1.11 bits per heavy atom. The van der Waals surface area contributed by atoms with Crippen LogP contribution in [0.15, 0.2) is 30.3 Å². The molecule has 1 aromatic carbocycles. The van der Waals surface area contributed by atoms with Gasteiger partial charge in [-0.25, -0.2) is 0 Å². The van der Waals surface area contributed by atoms with Crippen LogP contribution in [-0.4, -0.2) is 40.9 Å². The van der Waals surface area contributed by atoms with E-state index in [0.29, 0.717) is 12.5 Å². The van der Waals surface area contributed by atoms with Crippen molar-refractivity contribution in [2.45, 2.75) is 32.9 Å². The molecule has 1 atom stereocenters. The molecule has 18 heavy (non-hydrogen) atoms. The highest BCUT2D eigenvalue weighted by Crippen LogP contribution is 2.14. The van der Waals surface area contributed by atoms with E-state index in [1.165, 1.54) is 5.56 Å². The van der Waals surface area contributed by atoms with Crippen molar-refractivity contribution in [1.29, 1.82) is 0 Å². The Balaban J connectivity index is 2.68. The van der Waals surface area contributed by atoms with Gasteiger partial charge in [-0.2, -0.15) is 0 Å². The number of hydrogen-bond acceptors (Lipinski definition) is 3. The first-order valence-corrected chi connectivity index (χ1v) is 6.67. The topological polar surface area (TPSA) is 43.7 Å². The normalized spacial score (nSPS) is 13.2. The summed E-state index contributed by atoms with van der Waals surface area (Å²) in [6.45, 7) is 5.96. The summed E-state index contributed by atoms with van der Waals surface area (Å²) in [7, 11) is 0. The summed E-state index contributed by atoms with van der Waals surface area (Å²) >= 11 is 0. The molecule has 2 N–H and O–H groups in total. The quantitative estimate of drug-likeness (QED) is 0.741. The van der Waals surface area contributed by atoms with E-state index in [0.717, 1.165) is 13.0 Å². The van der Waals surface area contributed by atoms with Gasteiger partial charge in [-0.15, -0.1) is 0 Å². The third-order valence-corrected chi connectivity index (χ3v) is 3.09. The molecule has 0 aliphatic heterocycles. The van der Waals surface area contributed by atoms with Crippen LogP contribution >= 0.6 is 0 Å². The van der Waals surface area contributed by atoms with Gasteiger partial charge in [0.1, 0.15) is 0 Å². The molecule has 0 spiro atoms. The van der Waals surface area contributed by atoms with E-state index in [1.807, 2.05) is 18.2 Å². The summed E-state index contributed by atoms with van der Waals surface area (Å²) in [4.78, 5) is 2.16. The van der Waals surface area contributed by atoms with E-state index in [-0.39, 0.29) is 19.3 Å². The van der Waals surface area contributed by atoms with Crippen LogP contribution in [-0.2, 0) is 6.54 Å². The fraction of sp³-hybridized carbons (Fsp3) is 0.600. The number of aliphatic hydroxyl groups excluding tert-OH is 2. The summed E-state index contributed by atoms with van der Waals surface area (Å²) < 4.78 is 0. The fourth-order valence-corrected chi connectivity index (χ4v) is 2.22. The van der Waals surface area contributed by atoms with Gasteiger partial charge in [0, 0.05) is 19.1 Å². The molecule has 0 aliphatic rings. The molecule has 1 aromatic rings. The maximum absolute atomic E-state index is 9.53. The average molecular weight is 251 g/mol. The number of aliphatic hydroxyl groups is 2. The zero-order valence-corrected chi connectivity index (χ0v) is 11.4. The summed E-state index contributed by atoms with van der Waals surface area (Å²) in [5.41, 5.74) is 1.22. The van der Waals surface area contributed by atoms with Crippen LogP contribution in [0.5, 0.6) is 0 Å². The second kappa shape index (κ2) is 8.25. The van der Waals surface area contributed by atoms with E-state index in [4.69, 9.17) is 5.11 Å². The van der Waals surface area contributed by atoms with Crippen LogP contribution in [0.4, 0.5) is 0 Å². The molecule has 0 fully saturated rings. The monoisotopic (exact) mass is 251 g/mol. The molecule has 3 heteroatoms. The first-order chi connectivity index (χ1) is 8.67. The maximum atomic E-state index is 9.53. The molecule has 102 valence electrons. The molecular formula is C15H25NO2. The fourth-order valence-electron chi connectivity index (χ4n) is 2.22. The van der Waals surface area contributed by atoms with Gasteiger partial charge in [-0.1, -0.05) is 44.2 Å². The number of benzene rings is 1. The lowest BCUT2D eigenvalue weighted by atomic mass is 10.0. The predicted octanol–water partition coefficient (Wildman–Crippen LogP) is 1.89. The number of nitrogens with zero attached hydrogens (tertiary/aromatic N) is 1. The molecule has 0 radical (unpaired) electrons. The van der Waals surface area contributed by atoms with Crippen molar-refractivity contribution in [1.82, 2.24) is 4.90 Å². The Kier molecular flexibility index (Phi) is 6.94. The van der Waals surface area contributed by atoms with Gasteiger partial charge in [-0.3, -0.25) is 4.90 Å². The number of hydrogen-bond donors (Lipinski definition) is 2. The van der Waals surface area contributed by atoms with Gasteiger partial charge < -0.3 is 10.2 Å². The lowest BCUT2D eigenvalue weighted by Crippen LogP contribution is -2.40. The van der Waals surface area contributed by atoms with Crippen LogP contribution in [0.3, 0.4) is 0 Å². The highest BCUT2D eigenvalue weighted by atomic mass is 16.3. The number of rotatable bonds is 8. The first kappa shape index (κ1) is 15.2. The molecule has 0 saturated heterocycles. The third kappa shape index (κ3) is 5.17. The van der Waals surface area contributed by atoms with Gasteiger partial charge in [0.05, 0.1) is 13.2 Å². The zero-order valence-electron chi connectivity index (χ0n) is 11.4. The van der Waals surface area contributed by atoms with E-state index in [9.17, 15) is 5.11 Å². The Bertz CT molecular complexity index is 314. The second-order valence-corrected chi connectivity index (χ2v) is 5.15. The Morgan fingerprint density at radius 3 is 2.28 bits per heavy atom. The minimum Gasteiger partial charge on any atom is -0.395 e. The molecule has 0 unspecified atom stereocenters. The highest BCUT2D eigenvalue weighted by molar-refractivity contribution is 5.14. The van der Waals surface area contributed by atoms with Gasteiger partial charge in [0.2, 0.25) is 0 Å². The SMILES string of the molecule is CC(C)C[C@@H](CO)N(CCO)Cc1ccccc1. The van der Waals surface area contributed by atoms with Crippen molar-refractivity contribution in [3.05, 3.63) is 35.9 Å². The van der Waals surface area contributed by atoms with Crippen molar-refractivity contribution in [3.8, 4) is 0 Å². The summed E-state index contributed by atoms with van der Waals surface area (Å²) in [6, 6.07) is 10.3. The minimum atomic E-state index is 0.123. The molecular weight excluding hydrogens is 226 g/mol. The molecule has 0 aliphatic carbocycles. The maximum Gasteiger partial charge on any atom is 0.0587 e. The van der Waals surface area contributed by atoms with E-state index in [1.54, 1.807) is 0 Å². The lowest BCUT2D eigenvalue weighted by molar-refractivity contribution is 0.0826. The molecule has 0 saturated carbocycles. The van der Waals surface area contributed by atoms with Crippen LogP contribution in [0.1, 0.15) is 25.8 Å². The molecule has 0 bridgehead atoms. The first-order valence-electron chi connectivity index (χ1n) is 6.67. The van der Waals surface area contributed by atoms with Crippen LogP contribution in [0.25, 0.3) is 0 Å². The molecule has 3 nitrogen and oxygen atoms in total. The Labute approximate surface area is 110 Å². The Hall–Kier alpha value is -0.900. The smallest absolute Gasteiger partial charge is 0.0587 e. The average Bonchev–Trinajstić information content (AvgIpc) is 2.36. The van der Waals surface area contributed by atoms with Gasteiger partial charge in [0.15, 0.2) is 0 Å². The second-order valence-electron chi connectivity index (χ2n) is 5.15. The van der Waals surface area contributed by atoms with Crippen molar-refractivity contribution < 1.29 is 10.2 Å². The van der Waals surface area contributed by atoms with Gasteiger partial charge >= 0.3 is 0 Å². The molecule has 1 rings (SSSR count). The minimum absolute atomic E-state index is 0.123. The summed E-state index contributed by atoms with van der Waals surface area (Å²) in [5.74, 6) is 0.541. The van der Waals surface area contributed by atoms with Crippen molar-refractivity contribution in [3.63, 3.8) is 0 Å². The van der Waals surface area contributed by atoms with Gasteiger partial charge in [-0.05, 0) is 17.9 Å². The third-order valence-electron chi connectivity index (χ3n) is 3.09. The van der Waals surface area contributed by atoms with E-state index >= 15 is 0 Å². The van der Waals surface area contributed by atoms with Crippen molar-refractivity contribution in [2.24, 2.45) is 5.92 Å². The highest BCUT2D eigenvalue weighted by Gasteiger charge is 2.18. The van der Waals surface area contributed by atoms with E-state index < -0.39 is 0 Å². The summed E-state index contributed by atoms with van der Waals surface area (Å²) in [5, 5.41) is 18.7. The van der Waals surface area contributed by atoms with Crippen LogP contribution in [0, 0.1) is 5.92 Å². The van der Waals surface area contributed by atoms with Crippen molar-refractivity contribution >= 4 is 0 Å². The standard InChI is InChI=1S/C15H25NO2/c1-13(2)10-15(12-18)16(8-9-17)11-14-6-4-3-5-7-14/h3-7,13,15,17-18H,8-12H2,1-2H3/t15-/m0/s1. The largest absolute Gasteiger partial charge is 0.395 e. The molecule has 0 amide bonds. The molecule has 0 heterocycles. The zero-order chi connectivity index (χ0) is 13.4. The van der Waals surface area contributed by atoms with Crippen LogP contribution < -0.4 is 0 Å². The van der Waals surface area contributed by atoms with Gasteiger partial charge in [0.25, 0.3) is 0 Å². The predicted molar refractivity (Wildman–Crippen MR) is 74.3 cm³/mol. The Morgan fingerprint density at radius 2 is 1.78 bits per heavy atom. The van der Waals surface area contributed by atoms with Crippen molar-refractivity contribution in [2.75, 3.05) is 19.8 Å². The van der Waals surface area contributed by atoms with Crippen LogP contribution in [0.2, 0.25) is 0 Å². The lowest BCUT2D eigenvalue weighted by Gasteiger charge is -2.31. The summed E-state index contributed by atoms with van der Waals surface area (Å²) in [6.07, 6.45) is 0.948. The molecule has 0 aromatic heterocycles. The van der Waals surface area contributed by atoms with E-state index in [2.05, 4.69) is 30.9 Å².